The molecule has 4 amide bonds. The molecule has 6 aliphatic heterocycles. The number of β-amino-alcohol motifs (C(OH)–C–C–N with tert-alkyl or cyclic N) is 1. The van der Waals surface area contributed by atoms with Gasteiger partial charge in [0.25, 0.3) is 23.6 Å². The topological polar surface area (TPSA) is 325 Å². The molecule has 39 heteroatoms. The summed E-state index contributed by atoms with van der Waals surface area (Å²) in [5, 5.41) is 37.0. The average molecular weight is 2070 g/mol. The fourth-order valence-electron chi connectivity index (χ4n) is 17.5. The van der Waals surface area contributed by atoms with Crippen molar-refractivity contribution in [1.82, 2.24) is 47.8 Å². The summed E-state index contributed by atoms with van der Waals surface area (Å²) in [6, 6.07) is 40.9. The third-order valence-electron chi connectivity index (χ3n) is 25.2. The van der Waals surface area contributed by atoms with Gasteiger partial charge in [-0.15, -0.1) is 13.2 Å². The lowest BCUT2D eigenvalue weighted by molar-refractivity contribution is -0.204. The molecular formula is C109H113Cl2F8N21O8. The largest absolute Gasteiger partial charge is 0.494 e. The van der Waals surface area contributed by atoms with Crippen LogP contribution in [0.3, 0.4) is 0 Å². The van der Waals surface area contributed by atoms with Crippen LogP contribution in [0.1, 0.15) is 143 Å². The van der Waals surface area contributed by atoms with E-state index in [2.05, 4.69) is 122 Å². The minimum Gasteiger partial charge on any atom is -0.494 e. The molecular weight excluding hydrogens is 1950 g/mol. The van der Waals surface area contributed by atoms with E-state index in [9.17, 15) is 69.7 Å². The summed E-state index contributed by atoms with van der Waals surface area (Å²) >= 11 is 12.5. The van der Waals surface area contributed by atoms with E-state index in [0.29, 0.717) is 111 Å². The van der Waals surface area contributed by atoms with Gasteiger partial charge in [-0.1, -0.05) is 30.1 Å². The predicted molar refractivity (Wildman–Crippen MR) is 559 cm³/mol. The van der Waals surface area contributed by atoms with Crippen LogP contribution in [0.2, 0.25) is 10.0 Å². The number of halogens is 10. The first kappa shape index (κ1) is 107. The summed E-state index contributed by atoms with van der Waals surface area (Å²) in [5.74, 6) is -3.16. The Balaban J connectivity index is 0.000000148. The average Bonchev–Trinajstić information content (AvgIpc) is 1.63. The number of benzene rings is 7. The van der Waals surface area contributed by atoms with E-state index in [-0.39, 0.29) is 121 Å². The van der Waals surface area contributed by atoms with Crippen LogP contribution < -0.4 is 40.7 Å². The summed E-state index contributed by atoms with van der Waals surface area (Å²) in [6.45, 7) is 28.0. The van der Waals surface area contributed by atoms with Gasteiger partial charge in [0, 0.05) is 200 Å². The molecule has 2 saturated heterocycles. The molecule has 0 aliphatic carbocycles. The molecule has 18 rings (SSSR count). The molecule has 148 heavy (non-hydrogen) atoms. The van der Waals surface area contributed by atoms with E-state index in [4.69, 9.17) is 27.9 Å². The van der Waals surface area contributed by atoms with Crippen molar-refractivity contribution in [3.63, 3.8) is 0 Å². The maximum atomic E-state index is 14.9. The number of anilines is 6. The number of aliphatic imine (C=N–C) groups is 4. The summed E-state index contributed by atoms with van der Waals surface area (Å²) in [5.41, 5.74) is 13.3. The Morgan fingerprint density at radius 2 is 0.831 bits per heavy atom. The molecule has 2 fully saturated rings. The molecule has 0 saturated carbocycles. The number of alkyl halides is 3. The van der Waals surface area contributed by atoms with Crippen molar-refractivity contribution in [3.8, 4) is 50.8 Å². The van der Waals surface area contributed by atoms with E-state index >= 15 is 0 Å². The number of aliphatic hydroxyl groups excluding tert-OH is 2. The number of carbonyl (C=O) groups is 4. The molecule has 12 aromatic rings. The van der Waals surface area contributed by atoms with Gasteiger partial charge in [0.2, 0.25) is 0 Å². The summed E-state index contributed by atoms with van der Waals surface area (Å²) in [6.07, 6.45) is 14.4. The SMILES string of the molecule is CC(C)(C)n1cnc(-c2ccc(F)cc2)c1C1=NC=C(C(=O)Nc2ccc(N3CCCCC3)cc2Cl)C1.CCCN(CCO)c1ccc(NC(=O)C2=CN=C(c3c(-c4ccc(F)cc4)ncn3C(C)(C)C)C2)c(F)c1.COc1cc(N2CCN(CCO)CC2)ccc1NC(=O)C1=CN=C(c2c(-c3ccc(F)cc3)ncn2C(C)(C)C)C1.O=C(N=c1ccn(O)cc1Cl)C1=CN=C(c2c(-c3ccc(F)cc3)ncn2C(F)(F)F)C1. The number of methoxy groups -OCH3 is 1. The summed E-state index contributed by atoms with van der Waals surface area (Å²) in [4.78, 5) is 100. The Morgan fingerprint density at radius 1 is 0.446 bits per heavy atom. The zero-order valence-electron chi connectivity index (χ0n) is 83.4. The molecule has 0 atom stereocenters. The number of piperidine rings is 1. The zero-order chi connectivity index (χ0) is 106. The highest BCUT2D eigenvalue weighted by Gasteiger charge is 2.39. The molecule has 5 aromatic heterocycles. The Morgan fingerprint density at radius 3 is 1.22 bits per heavy atom. The van der Waals surface area contributed by atoms with Gasteiger partial charge in [-0.05, 0) is 240 Å². The molecule has 0 bridgehead atoms. The Hall–Kier alpha value is -15.1. The van der Waals surface area contributed by atoms with Gasteiger partial charge in [0.15, 0.2) is 0 Å². The number of nitrogens with one attached hydrogen (secondary N) is 3. The van der Waals surface area contributed by atoms with E-state index in [1.807, 2.05) is 78.1 Å². The Labute approximate surface area is 860 Å². The standard InChI is InChI=1S/C31H37FN6O3.C29H31ClFN5O.C29H33F2N5O2.C20H12ClF4N5O2/c1-31(2,3)38-20-34-28(21-5-7-23(32)8-6-21)29(38)26-17-22(19-33-26)30(40)35-25-10-9-24(18-27(25)41-4)37-13-11-36(12-14-37)15-16-39;1-29(2,3)36-18-33-26(19-7-9-21(31)10-8-19)27(36)25-15-20(17-32-25)28(37)34-24-12-11-22(16-23(24)30)35-13-5-4-6-14-35;1-5-12-35(13-14-37)22-10-11-24(23(31)16-22)34-28(38)20-15-25(32-17-20)27-26(19-6-8-21(30)9-7-19)33-18-36(27)29(2,3)4;21-14-9-29(32)6-5-15(14)28-19(31)12-7-16(26-8-12)18-17(11-1-3-13(22)4-2-11)27-10-30(18)20(23,24)25/h5-10,18-20,39H,11-17H2,1-4H3,(H,35,40);7-12,16-18H,4-6,13-15H2,1-3H3,(H,34,37);6-11,16-18,37H,5,12-15H2,1-4H3,(H,34,38);1-6,8-10,32H,7H2. The van der Waals surface area contributed by atoms with Crippen LogP contribution in [-0.4, -0.2) is 189 Å². The molecule has 0 spiro atoms. The number of aliphatic hydroxyl groups is 2. The van der Waals surface area contributed by atoms with Crippen molar-refractivity contribution in [3.05, 3.63) is 310 Å². The molecule has 6 aliphatic rings. The number of imidazole rings is 4. The van der Waals surface area contributed by atoms with E-state index in [0.717, 1.165) is 127 Å². The zero-order valence-corrected chi connectivity index (χ0v) is 84.9. The number of aromatic nitrogens is 9. The van der Waals surface area contributed by atoms with Crippen LogP contribution in [0.4, 0.5) is 69.2 Å². The lowest BCUT2D eigenvalue weighted by Gasteiger charge is -2.36. The first-order valence-corrected chi connectivity index (χ1v) is 48.9. The minimum atomic E-state index is -4.79. The second kappa shape index (κ2) is 46.3. The fraction of sp³-hybridized carbons (Fsp3) is 0.312. The third kappa shape index (κ3) is 25.6. The highest BCUT2D eigenvalue weighted by Crippen LogP contribution is 2.41. The molecule has 772 valence electrons. The molecule has 0 unspecified atom stereocenters. The first-order valence-electron chi connectivity index (χ1n) is 48.2. The number of pyridine rings is 1. The maximum absolute atomic E-state index is 14.9. The van der Waals surface area contributed by atoms with Gasteiger partial charge >= 0.3 is 6.30 Å². The van der Waals surface area contributed by atoms with Gasteiger partial charge in [-0.3, -0.25) is 44.0 Å². The van der Waals surface area contributed by atoms with Crippen molar-refractivity contribution in [2.75, 3.05) is 110 Å². The van der Waals surface area contributed by atoms with Crippen LogP contribution in [0, 0.1) is 29.1 Å². The Kier molecular flexibility index (Phi) is 33.6. The van der Waals surface area contributed by atoms with Gasteiger partial charge in [-0.2, -0.15) is 0 Å². The summed E-state index contributed by atoms with van der Waals surface area (Å²) in [7, 11) is 1.59. The van der Waals surface area contributed by atoms with Crippen LogP contribution >= 0.6 is 23.2 Å². The van der Waals surface area contributed by atoms with E-state index in [1.54, 1.807) is 81.0 Å². The predicted octanol–water partition coefficient (Wildman–Crippen LogP) is 20.7. The van der Waals surface area contributed by atoms with Crippen LogP contribution in [0.25, 0.3) is 45.0 Å². The second-order valence-electron chi connectivity index (χ2n) is 38.7. The van der Waals surface area contributed by atoms with Gasteiger partial charge in [0.05, 0.1) is 146 Å². The number of piperazine rings is 1. The van der Waals surface area contributed by atoms with E-state index in [1.165, 1.54) is 98.4 Å². The first-order chi connectivity index (χ1) is 70.6. The van der Waals surface area contributed by atoms with Crippen molar-refractivity contribution < 1.29 is 74.5 Å². The number of amides is 4. The molecule has 6 N–H and O–H groups in total. The quantitative estimate of drug-likeness (QED) is 0.0229. The van der Waals surface area contributed by atoms with Crippen molar-refractivity contribution >= 4 is 104 Å². The molecule has 0 radical (unpaired) electrons. The number of ether oxygens (including phenoxy) is 1. The number of hydrogen-bond donors (Lipinski definition) is 6. The lowest BCUT2D eigenvalue weighted by Crippen LogP contribution is -2.47. The smallest absolute Gasteiger partial charge is 0.490 e. The highest BCUT2D eigenvalue weighted by molar-refractivity contribution is 6.34. The van der Waals surface area contributed by atoms with Crippen LogP contribution in [0.15, 0.2) is 267 Å². The van der Waals surface area contributed by atoms with E-state index < -0.39 is 29.7 Å². The maximum Gasteiger partial charge on any atom is 0.490 e. The minimum absolute atomic E-state index is 0.00293. The normalized spacial score (nSPS) is 15.0. The van der Waals surface area contributed by atoms with Crippen molar-refractivity contribution in [1.29, 1.82) is 0 Å². The number of carbonyl (C=O) groups excluding carboxylic acids is 4. The molecule has 7 aromatic carbocycles. The van der Waals surface area contributed by atoms with Gasteiger partial charge in [-0.25, -0.2) is 56.2 Å². The lowest BCUT2D eigenvalue weighted by atomic mass is 10.0. The monoisotopic (exact) mass is 2070 g/mol. The summed E-state index contributed by atoms with van der Waals surface area (Å²) < 4.78 is 122. The van der Waals surface area contributed by atoms with Crippen molar-refractivity contribution in [2.24, 2.45) is 25.0 Å². The van der Waals surface area contributed by atoms with Crippen LogP contribution in [0.5, 0.6) is 5.75 Å². The second-order valence-corrected chi connectivity index (χ2v) is 39.6. The molecule has 29 nitrogen and oxygen atoms in total. The Bertz CT molecular complexity index is 7260. The van der Waals surface area contributed by atoms with Gasteiger partial charge in [0.1, 0.15) is 41.2 Å². The van der Waals surface area contributed by atoms with Gasteiger partial charge < -0.3 is 64.5 Å². The highest BCUT2D eigenvalue weighted by atomic mass is 35.5. The van der Waals surface area contributed by atoms with Crippen molar-refractivity contribution in [2.45, 2.75) is 144 Å². The number of hydrogen-bond acceptors (Lipinski definition) is 20. The third-order valence-corrected chi connectivity index (χ3v) is 25.8. The molecule has 11 heterocycles. The fourth-order valence-corrected chi connectivity index (χ4v) is 18.0. The number of nitrogens with zero attached hydrogens (tertiary/aromatic N) is 18. The van der Waals surface area contributed by atoms with Crippen LogP contribution in [-0.2, 0) is 42.1 Å². The number of rotatable bonds is 25.